The van der Waals surface area contributed by atoms with Gasteiger partial charge in [0.25, 0.3) is 0 Å². The number of aromatic nitrogens is 1. The molecular formula is C20H21N3O4S2. The predicted octanol–water partition coefficient (Wildman–Crippen LogP) is 3.43. The Hall–Kier alpha value is -2.75. The molecule has 1 aromatic heterocycles. The van der Waals surface area contributed by atoms with Gasteiger partial charge in [0.15, 0.2) is 5.13 Å². The molecule has 1 amide bonds. The number of carbonyl (C=O) groups excluding carboxylic acids is 1. The summed E-state index contributed by atoms with van der Waals surface area (Å²) in [4.78, 5) is 16.7. The number of sulfonamides is 1. The first-order chi connectivity index (χ1) is 13.9. The molecule has 2 N–H and O–H groups in total. The van der Waals surface area contributed by atoms with Crippen LogP contribution in [-0.2, 0) is 14.8 Å². The first-order valence-electron chi connectivity index (χ1n) is 8.83. The fourth-order valence-corrected chi connectivity index (χ4v) is 4.27. The number of hydrogen-bond acceptors (Lipinski definition) is 6. The molecule has 0 saturated carbocycles. The molecular weight excluding hydrogens is 410 g/mol. The van der Waals surface area contributed by atoms with Gasteiger partial charge in [-0.1, -0.05) is 17.7 Å². The average Bonchev–Trinajstić information content (AvgIpc) is 3.16. The van der Waals surface area contributed by atoms with Crippen LogP contribution in [0.5, 0.6) is 5.75 Å². The van der Waals surface area contributed by atoms with Gasteiger partial charge in [-0.15, -0.1) is 11.3 Å². The molecule has 3 aromatic rings. The van der Waals surface area contributed by atoms with Gasteiger partial charge in [0, 0.05) is 23.9 Å². The van der Waals surface area contributed by atoms with Crippen LogP contribution in [-0.4, -0.2) is 33.0 Å². The molecule has 0 radical (unpaired) electrons. The van der Waals surface area contributed by atoms with Crippen molar-refractivity contribution < 1.29 is 17.9 Å². The van der Waals surface area contributed by atoms with Gasteiger partial charge in [0.2, 0.25) is 15.9 Å². The van der Waals surface area contributed by atoms with Gasteiger partial charge in [0.1, 0.15) is 5.75 Å². The fourth-order valence-electron chi connectivity index (χ4n) is 2.51. The first-order valence-corrected chi connectivity index (χ1v) is 11.2. The van der Waals surface area contributed by atoms with Crippen molar-refractivity contribution >= 4 is 32.4 Å². The molecule has 9 heteroatoms. The number of thiazole rings is 1. The number of benzene rings is 2. The van der Waals surface area contributed by atoms with Crippen LogP contribution in [0.1, 0.15) is 12.0 Å². The van der Waals surface area contributed by atoms with E-state index in [9.17, 15) is 13.2 Å². The molecule has 0 fully saturated rings. The highest BCUT2D eigenvalue weighted by Gasteiger charge is 2.14. The summed E-state index contributed by atoms with van der Waals surface area (Å²) in [6.45, 7) is 1.88. The standard InChI is InChI=1S/C20H21N3O4S2/c1-14-3-9-17(10-4-14)29(25,26)21-12-11-19(24)23-20-22-18(13-28-20)15-5-7-16(27-2)8-6-15/h3-10,13,21H,11-12H2,1-2H3,(H,22,23,24). The van der Waals surface area contributed by atoms with Gasteiger partial charge in [-0.3, -0.25) is 4.79 Å². The highest BCUT2D eigenvalue weighted by molar-refractivity contribution is 7.89. The summed E-state index contributed by atoms with van der Waals surface area (Å²) in [6, 6.07) is 14.0. The van der Waals surface area contributed by atoms with E-state index in [0.29, 0.717) is 5.13 Å². The zero-order valence-electron chi connectivity index (χ0n) is 16.0. The highest BCUT2D eigenvalue weighted by atomic mass is 32.2. The van der Waals surface area contributed by atoms with Crippen molar-refractivity contribution in [1.82, 2.24) is 9.71 Å². The van der Waals surface area contributed by atoms with E-state index in [0.717, 1.165) is 22.6 Å². The second-order valence-electron chi connectivity index (χ2n) is 6.28. The number of rotatable bonds is 8. The van der Waals surface area contributed by atoms with Crippen LogP contribution in [0.2, 0.25) is 0 Å². The number of hydrogen-bond donors (Lipinski definition) is 2. The largest absolute Gasteiger partial charge is 0.497 e. The minimum Gasteiger partial charge on any atom is -0.497 e. The van der Waals surface area contributed by atoms with E-state index in [-0.39, 0.29) is 23.8 Å². The predicted molar refractivity (Wildman–Crippen MR) is 114 cm³/mol. The van der Waals surface area contributed by atoms with Gasteiger partial charge >= 0.3 is 0 Å². The number of ether oxygens (including phenoxy) is 1. The van der Waals surface area contributed by atoms with E-state index in [1.807, 2.05) is 36.6 Å². The summed E-state index contributed by atoms with van der Waals surface area (Å²) in [7, 11) is -2.03. The molecule has 0 aliphatic rings. The van der Waals surface area contributed by atoms with Crippen molar-refractivity contribution in [1.29, 1.82) is 0 Å². The Bertz CT molecular complexity index is 1080. The Morgan fingerprint density at radius 1 is 1.10 bits per heavy atom. The molecule has 0 spiro atoms. The minimum atomic E-state index is -3.64. The van der Waals surface area contributed by atoms with Crippen LogP contribution in [0.25, 0.3) is 11.3 Å². The lowest BCUT2D eigenvalue weighted by atomic mass is 10.2. The summed E-state index contributed by atoms with van der Waals surface area (Å²) < 4.78 is 32.0. The number of carbonyl (C=O) groups is 1. The van der Waals surface area contributed by atoms with Crippen molar-refractivity contribution in [2.75, 3.05) is 19.0 Å². The van der Waals surface area contributed by atoms with Crippen LogP contribution >= 0.6 is 11.3 Å². The lowest BCUT2D eigenvalue weighted by molar-refractivity contribution is -0.116. The third kappa shape index (κ3) is 5.63. The molecule has 0 atom stereocenters. The number of nitrogens with zero attached hydrogens (tertiary/aromatic N) is 1. The lowest BCUT2D eigenvalue weighted by Crippen LogP contribution is -2.27. The van der Waals surface area contributed by atoms with Crippen molar-refractivity contribution in [2.24, 2.45) is 0 Å². The van der Waals surface area contributed by atoms with Crippen LogP contribution in [0.4, 0.5) is 5.13 Å². The number of anilines is 1. The van der Waals surface area contributed by atoms with Crippen molar-refractivity contribution in [3.05, 3.63) is 59.5 Å². The number of methoxy groups -OCH3 is 1. The van der Waals surface area contributed by atoms with E-state index >= 15 is 0 Å². The van der Waals surface area contributed by atoms with Gasteiger partial charge in [-0.05, 0) is 43.3 Å². The normalized spacial score (nSPS) is 11.2. The second-order valence-corrected chi connectivity index (χ2v) is 8.90. The SMILES string of the molecule is COc1ccc(-c2csc(NC(=O)CCNS(=O)(=O)c3ccc(C)cc3)n2)cc1. The summed E-state index contributed by atoms with van der Waals surface area (Å²) in [6.07, 6.45) is 0.00252. The molecule has 0 saturated heterocycles. The van der Waals surface area contributed by atoms with E-state index in [1.54, 1.807) is 19.2 Å². The maximum Gasteiger partial charge on any atom is 0.240 e. The fraction of sp³-hybridized carbons (Fsp3) is 0.200. The molecule has 152 valence electrons. The quantitative estimate of drug-likeness (QED) is 0.569. The maximum absolute atomic E-state index is 12.2. The molecule has 0 aliphatic carbocycles. The molecule has 0 bridgehead atoms. The molecule has 2 aromatic carbocycles. The van der Waals surface area contributed by atoms with E-state index in [4.69, 9.17) is 4.74 Å². The molecule has 29 heavy (non-hydrogen) atoms. The Morgan fingerprint density at radius 3 is 2.45 bits per heavy atom. The van der Waals surface area contributed by atoms with Gasteiger partial charge in [-0.25, -0.2) is 18.1 Å². The Labute approximate surface area is 173 Å². The van der Waals surface area contributed by atoms with Crippen LogP contribution < -0.4 is 14.8 Å². The van der Waals surface area contributed by atoms with E-state index in [1.165, 1.54) is 23.5 Å². The smallest absolute Gasteiger partial charge is 0.240 e. The van der Waals surface area contributed by atoms with Gasteiger partial charge in [0.05, 0.1) is 17.7 Å². The van der Waals surface area contributed by atoms with Crippen molar-refractivity contribution in [3.8, 4) is 17.0 Å². The summed E-state index contributed by atoms with van der Waals surface area (Å²) in [5.41, 5.74) is 2.63. The van der Waals surface area contributed by atoms with Crippen LogP contribution in [0, 0.1) is 6.92 Å². The second kappa shape index (κ2) is 9.17. The maximum atomic E-state index is 12.2. The Kier molecular flexibility index (Phi) is 6.63. The number of nitrogens with one attached hydrogen (secondary N) is 2. The Balaban J connectivity index is 1.52. The summed E-state index contributed by atoms with van der Waals surface area (Å²) >= 11 is 1.31. The van der Waals surface area contributed by atoms with Crippen LogP contribution in [0.3, 0.4) is 0 Å². The van der Waals surface area contributed by atoms with Gasteiger partial charge < -0.3 is 10.1 Å². The number of aryl methyl sites for hydroxylation is 1. The van der Waals surface area contributed by atoms with E-state index < -0.39 is 10.0 Å². The molecule has 3 rings (SSSR count). The molecule has 7 nitrogen and oxygen atoms in total. The zero-order chi connectivity index (χ0) is 20.9. The summed E-state index contributed by atoms with van der Waals surface area (Å²) in [5, 5.41) is 5.00. The Morgan fingerprint density at radius 2 is 1.79 bits per heavy atom. The summed E-state index contributed by atoms with van der Waals surface area (Å²) in [5.74, 6) is 0.442. The van der Waals surface area contributed by atoms with Gasteiger partial charge in [-0.2, -0.15) is 0 Å². The minimum absolute atomic E-state index is 0.00123. The highest BCUT2D eigenvalue weighted by Crippen LogP contribution is 2.26. The molecule has 0 aliphatic heterocycles. The average molecular weight is 432 g/mol. The molecule has 1 heterocycles. The lowest BCUT2D eigenvalue weighted by Gasteiger charge is -2.07. The van der Waals surface area contributed by atoms with Crippen LogP contribution in [0.15, 0.2) is 58.8 Å². The third-order valence-corrected chi connectivity index (χ3v) is 6.35. The monoisotopic (exact) mass is 431 g/mol. The van der Waals surface area contributed by atoms with Crippen molar-refractivity contribution in [2.45, 2.75) is 18.2 Å². The van der Waals surface area contributed by atoms with E-state index in [2.05, 4.69) is 15.0 Å². The first kappa shape index (κ1) is 21.0. The zero-order valence-corrected chi connectivity index (χ0v) is 17.6. The van der Waals surface area contributed by atoms with Crippen molar-refractivity contribution in [3.63, 3.8) is 0 Å². The number of amides is 1. The third-order valence-electron chi connectivity index (χ3n) is 4.11. The topological polar surface area (TPSA) is 97.4 Å². The molecule has 0 unspecified atom stereocenters.